The zero-order valence-electron chi connectivity index (χ0n) is 22.7. The van der Waals surface area contributed by atoms with E-state index in [0.717, 1.165) is 28.5 Å². The van der Waals surface area contributed by atoms with Gasteiger partial charge >= 0.3 is 0 Å². The van der Waals surface area contributed by atoms with Gasteiger partial charge in [-0.25, -0.2) is 9.07 Å². The summed E-state index contributed by atoms with van der Waals surface area (Å²) in [6.07, 6.45) is 0.763. The van der Waals surface area contributed by atoms with Crippen LogP contribution in [0.5, 0.6) is 0 Å². The molecule has 1 fully saturated rings. The minimum absolute atomic E-state index is 0.152. The van der Waals surface area contributed by atoms with Gasteiger partial charge in [-0.15, -0.1) is 5.10 Å². The third-order valence-electron chi connectivity index (χ3n) is 8.01. The molecule has 5 aromatic rings. The number of hydrogen-bond acceptors (Lipinski definition) is 6. The van der Waals surface area contributed by atoms with Crippen LogP contribution in [0.15, 0.2) is 77.6 Å². The van der Waals surface area contributed by atoms with E-state index in [1.807, 2.05) is 61.0 Å². The van der Waals surface area contributed by atoms with Crippen LogP contribution in [0.2, 0.25) is 0 Å². The highest BCUT2D eigenvalue weighted by molar-refractivity contribution is 5.83. The monoisotopic (exact) mass is 537 g/mol. The lowest BCUT2D eigenvalue weighted by Gasteiger charge is -2.39. The fraction of sp³-hybridized carbons (Fsp3) is 0.290. The lowest BCUT2D eigenvalue weighted by molar-refractivity contribution is 0.199. The van der Waals surface area contributed by atoms with Gasteiger partial charge in [-0.3, -0.25) is 9.69 Å². The Hall–Kier alpha value is -4.37. The van der Waals surface area contributed by atoms with Gasteiger partial charge in [-0.05, 0) is 71.0 Å². The molecule has 9 heteroatoms. The summed E-state index contributed by atoms with van der Waals surface area (Å²) in [4.78, 5) is 21.1. The molecule has 0 unspecified atom stereocenters. The number of pyridine rings is 1. The van der Waals surface area contributed by atoms with Crippen LogP contribution < -0.4 is 10.5 Å². The number of piperazine rings is 1. The van der Waals surface area contributed by atoms with Crippen molar-refractivity contribution in [3.05, 3.63) is 117 Å². The van der Waals surface area contributed by atoms with Gasteiger partial charge in [0.1, 0.15) is 11.9 Å². The SMILES string of the molecule is Cc1ccc2cc([C@H](c3nnnn3CCc3ccccc3)N3CCN(c4ccccc4F)CC3)c(=O)[nH]c2c1C. The molecule has 1 aliphatic heterocycles. The molecular weight excluding hydrogens is 505 g/mol. The van der Waals surface area contributed by atoms with Crippen LogP contribution in [0.25, 0.3) is 10.9 Å². The van der Waals surface area contributed by atoms with E-state index in [-0.39, 0.29) is 11.4 Å². The molecule has 1 N–H and O–H groups in total. The third kappa shape index (κ3) is 5.00. The Balaban J connectivity index is 1.37. The Bertz CT molecular complexity index is 1690. The summed E-state index contributed by atoms with van der Waals surface area (Å²) >= 11 is 0. The van der Waals surface area contributed by atoms with Gasteiger partial charge in [0.15, 0.2) is 5.82 Å². The first-order valence-corrected chi connectivity index (χ1v) is 13.7. The van der Waals surface area contributed by atoms with E-state index >= 15 is 0 Å². The number of aromatic nitrogens is 5. The number of benzene rings is 3. The number of fused-ring (bicyclic) bond motifs is 1. The maximum atomic E-state index is 14.5. The number of aromatic amines is 1. The predicted octanol–water partition coefficient (Wildman–Crippen LogP) is 4.42. The number of H-pyrrole nitrogens is 1. The molecule has 3 aromatic carbocycles. The number of halogens is 1. The van der Waals surface area contributed by atoms with Crippen molar-refractivity contribution in [2.75, 3.05) is 31.1 Å². The third-order valence-corrected chi connectivity index (χ3v) is 8.01. The van der Waals surface area contributed by atoms with Crippen molar-refractivity contribution in [3.63, 3.8) is 0 Å². The molecule has 8 nitrogen and oxygen atoms in total. The van der Waals surface area contributed by atoms with Crippen LogP contribution in [-0.4, -0.2) is 56.3 Å². The molecule has 40 heavy (non-hydrogen) atoms. The van der Waals surface area contributed by atoms with Crippen molar-refractivity contribution in [1.29, 1.82) is 0 Å². The van der Waals surface area contributed by atoms with Gasteiger partial charge in [0.05, 0.1) is 11.2 Å². The predicted molar refractivity (Wildman–Crippen MR) is 154 cm³/mol. The zero-order valence-corrected chi connectivity index (χ0v) is 22.7. The lowest BCUT2D eigenvalue weighted by atomic mass is 9.99. The number of nitrogens with one attached hydrogen (secondary N) is 1. The van der Waals surface area contributed by atoms with Gasteiger partial charge in [0, 0.05) is 38.3 Å². The summed E-state index contributed by atoms with van der Waals surface area (Å²) < 4.78 is 16.3. The summed E-state index contributed by atoms with van der Waals surface area (Å²) in [5, 5.41) is 13.8. The highest BCUT2D eigenvalue weighted by atomic mass is 19.1. The number of tetrazole rings is 1. The van der Waals surface area contributed by atoms with E-state index < -0.39 is 6.04 Å². The Morgan fingerprint density at radius 3 is 2.48 bits per heavy atom. The molecule has 0 bridgehead atoms. The summed E-state index contributed by atoms with van der Waals surface area (Å²) in [6.45, 7) is 7.13. The second-order valence-corrected chi connectivity index (χ2v) is 10.4. The molecule has 0 spiro atoms. The van der Waals surface area contributed by atoms with Crippen molar-refractivity contribution in [2.45, 2.75) is 32.9 Å². The number of anilines is 1. The van der Waals surface area contributed by atoms with Crippen molar-refractivity contribution < 1.29 is 4.39 Å². The van der Waals surface area contributed by atoms with Crippen molar-refractivity contribution >= 4 is 16.6 Å². The maximum absolute atomic E-state index is 14.5. The quantitative estimate of drug-likeness (QED) is 0.331. The zero-order chi connectivity index (χ0) is 27.6. The largest absolute Gasteiger partial charge is 0.367 e. The van der Waals surface area contributed by atoms with E-state index in [9.17, 15) is 9.18 Å². The normalized spacial score (nSPS) is 15.0. The minimum atomic E-state index is -0.455. The minimum Gasteiger partial charge on any atom is -0.367 e. The lowest BCUT2D eigenvalue weighted by Crippen LogP contribution is -2.49. The molecule has 0 saturated carbocycles. The first-order valence-electron chi connectivity index (χ1n) is 13.7. The molecule has 0 amide bonds. The van der Waals surface area contributed by atoms with Crippen LogP contribution in [0.1, 0.15) is 34.1 Å². The fourth-order valence-electron chi connectivity index (χ4n) is 5.62. The van der Waals surface area contributed by atoms with E-state index in [1.165, 1.54) is 11.6 Å². The van der Waals surface area contributed by atoms with Crippen molar-refractivity contribution in [1.82, 2.24) is 30.1 Å². The van der Waals surface area contributed by atoms with E-state index in [2.05, 4.69) is 48.5 Å². The van der Waals surface area contributed by atoms with Crippen molar-refractivity contribution in [2.24, 2.45) is 0 Å². The molecule has 1 aliphatic rings. The molecule has 2 aromatic heterocycles. The summed E-state index contributed by atoms with van der Waals surface area (Å²) in [5.74, 6) is 0.401. The average molecular weight is 538 g/mol. The van der Waals surface area contributed by atoms with Crippen LogP contribution in [-0.2, 0) is 13.0 Å². The number of nitrogens with zero attached hydrogens (tertiary/aromatic N) is 6. The number of hydrogen-bond donors (Lipinski definition) is 1. The van der Waals surface area contributed by atoms with Crippen LogP contribution in [0, 0.1) is 19.7 Å². The Morgan fingerprint density at radius 2 is 1.70 bits per heavy atom. The molecule has 204 valence electrons. The van der Waals surface area contributed by atoms with Gasteiger partial charge in [0.2, 0.25) is 0 Å². The number of aryl methyl sites for hydroxylation is 4. The first kappa shape index (κ1) is 25.9. The molecule has 3 heterocycles. The van der Waals surface area contributed by atoms with Gasteiger partial charge in [0.25, 0.3) is 5.56 Å². The van der Waals surface area contributed by atoms with Crippen LogP contribution in [0.3, 0.4) is 0 Å². The standard InChI is InChI=1S/C31H32FN7O/c1-21-12-13-24-20-25(31(40)33-28(24)22(21)2)29(30-34-35-36-39(30)15-14-23-8-4-3-5-9-23)38-18-16-37(17-19-38)27-11-7-6-10-26(27)32/h3-13,20,29H,14-19H2,1-2H3,(H,33,40)/t29-/m1/s1. The summed E-state index contributed by atoms with van der Waals surface area (Å²) in [7, 11) is 0. The highest BCUT2D eigenvalue weighted by Crippen LogP contribution is 2.30. The Kier molecular flexibility index (Phi) is 7.13. The topological polar surface area (TPSA) is 82.9 Å². The second kappa shape index (κ2) is 11.0. The summed E-state index contributed by atoms with van der Waals surface area (Å²) in [6, 6.07) is 22.7. The molecule has 6 rings (SSSR count). The molecule has 0 radical (unpaired) electrons. The number of para-hydroxylation sites is 1. The van der Waals surface area contributed by atoms with Gasteiger partial charge in [-0.2, -0.15) is 0 Å². The molecule has 0 aliphatic carbocycles. The van der Waals surface area contributed by atoms with Gasteiger partial charge in [-0.1, -0.05) is 54.6 Å². The van der Waals surface area contributed by atoms with E-state index in [4.69, 9.17) is 0 Å². The highest BCUT2D eigenvalue weighted by Gasteiger charge is 2.33. The van der Waals surface area contributed by atoms with Crippen LogP contribution in [0.4, 0.5) is 10.1 Å². The number of rotatable bonds is 7. The van der Waals surface area contributed by atoms with E-state index in [1.54, 1.807) is 6.07 Å². The first-order chi connectivity index (χ1) is 19.5. The molecule has 1 saturated heterocycles. The average Bonchev–Trinajstić information content (AvgIpc) is 3.44. The van der Waals surface area contributed by atoms with Crippen molar-refractivity contribution in [3.8, 4) is 0 Å². The summed E-state index contributed by atoms with van der Waals surface area (Å²) in [5.41, 5.74) is 5.27. The molecular formula is C31H32FN7O. The Morgan fingerprint density at radius 1 is 0.950 bits per heavy atom. The second-order valence-electron chi connectivity index (χ2n) is 10.4. The fourth-order valence-corrected chi connectivity index (χ4v) is 5.62. The van der Waals surface area contributed by atoms with Crippen LogP contribution >= 0.6 is 0 Å². The molecule has 1 atom stereocenters. The van der Waals surface area contributed by atoms with Gasteiger partial charge < -0.3 is 9.88 Å². The smallest absolute Gasteiger partial charge is 0.253 e. The Labute approximate surface area is 232 Å². The maximum Gasteiger partial charge on any atom is 0.253 e. The van der Waals surface area contributed by atoms with E-state index in [0.29, 0.717) is 49.8 Å².